The van der Waals surface area contributed by atoms with Gasteiger partial charge in [-0.05, 0) is 64.2 Å². The molecule has 0 aromatic heterocycles. The molecule has 6 rings (SSSR count). The SMILES string of the molecule is CC1(C)CC(c2c(C(=O)O)cc(C(=O)O)cc2C(=O)O)CC(C)(C)N1.O=C1C=C(N2CC2)C(=O)C(N2CC2)=C1N1CC1. The van der Waals surface area contributed by atoms with E-state index in [1.807, 2.05) is 42.4 Å². The monoisotopic (exact) mass is 580 g/mol. The van der Waals surface area contributed by atoms with Gasteiger partial charge in [-0.25, -0.2) is 14.4 Å². The molecule has 1 aliphatic carbocycles. The van der Waals surface area contributed by atoms with E-state index in [9.17, 15) is 34.2 Å². The summed E-state index contributed by atoms with van der Waals surface area (Å²) in [6.07, 6.45) is 2.61. The van der Waals surface area contributed by atoms with E-state index in [-0.39, 0.29) is 50.8 Å². The molecule has 1 aromatic carbocycles. The average molecular weight is 581 g/mol. The molecule has 0 unspecified atom stereocenters. The van der Waals surface area contributed by atoms with Gasteiger partial charge in [-0.1, -0.05) is 0 Å². The third-order valence-corrected chi connectivity index (χ3v) is 7.97. The zero-order valence-corrected chi connectivity index (χ0v) is 24.2. The number of rotatable bonds is 7. The minimum atomic E-state index is -1.36. The number of nitrogens with zero attached hydrogens (tertiary/aromatic N) is 3. The zero-order valence-electron chi connectivity index (χ0n) is 24.2. The number of carbonyl (C=O) groups is 5. The van der Waals surface area contributed by atoms with Gasteiger partial charge < -0.3 is 35.3 Å². The summed E-state index contributed by atoms with van der Waals surface area (Å²) >= 11 is 0. The van der Waals surface area contributed by atoms with E-state index in [2.05, 4.69) is 5.32 Å². The van der Waals surface area contributed by atoms with Gasteiger partial charge in [0, 0.05) is 56.4 Å². The molecule has 0 saturated carbocycles. The molecule has 1 aromatic rings. The summed E-state index contributed by atoms with van der Waals surface area (Å²) in [4.78, 5) is 65.2. The number of ketones is 2. The number of piperidine rings is 1. The largest absolute Gasteiger partial charge is 0.478 e. The van der Waals surface area contributed by atoms with Crippen LogP contribution in [0.15, 0.2) is 35.3 Å². The normalized spacial score (nSPS) is 22.3. The summed E-state index contributed by atoms with van der Waals surface area (Å²) in [7, 11) is 0. The van der Waals surface area contributed by atoms with E-state index in [0.717, 1.165) is 51.4 Å². The Kier molecular flexibility index (Phi) is 7.16. The highest BCUT2D eigenvalue weighted by molar-refractivity contribution is 6.22. The number of carboxylic acids is 3. The fourth-order valence-electron chi connectivity index (χ4n) is 6.37. The molecule has 0 radical (unpaired) electrons. The molecule has 4 aliphatic heterocycles. The van der Waals surface area contributed by atoms with Crippen LogP contribution in [0.1, 0.15) is 83.1 Å². The number of Topliss-reactive ketones (excluding diaryl/α,β-unsaturated/α-hetero) is 1. The Morgan fingerprint density at radius 3 is 1.60 bits per heavy atom. The third kappa shape index (κ3) is 6.03. The zero-order chi connectivity index (χ0) is 30.7. The fourth-order valence-corrected chi connectivity index (χ4v) is 6.37. The lowest BCUT2D eigenvalue weighted by Crippen LogP contribution is -2.57. The molecule has 4 N–H and O–H groups in total. The fraction of sp³-hybridized carbons (Fsp3) is 0.500. The van der Waals surface area contributed by atoms with Crippen molar-refractivity contribution in [1.29, 1.82) is 0 Å². The van der Waals surface area contributed by atoms with E-state index in [0.29, 0.717) is 29.9 Å². The first kappa shape index (κ1) is 29.3. The number of benzene rings is 1. The smallest absolute Gasteiger partial charge is 0.336 e. The number of hydrogen-bond acceptors (Lipinski definition) is 9. The van der Waals surface area contributed by atoms with E-state index in [1.54, 1.807) is 0 Å². The Labute approximate surface area is 243 Å². The van der Waals surface area contributed by atoms with Gasteiger partial charge in [0.25, 0.3) is 0 Å². The minimum absolute atomic E-state index is 0.00546. The molecular weight excluding hydrogens is 544 g/mol. The second-order valence-corrected chi connectivity index (χ2v) is 12.8. The Morgan fingerprint density at radius 1 is 0.738 bits per heavy atom. The maximum atomic E-state index is 12.4. The predicted octanol–water partition coefficient (Wildman–Crippen LogP) is 1.99. The van der Waals surface area contributed by atoms with Gasteiger partial charge in [0.05, 0.1) is 22.4 Å². The van der Waals surface area contributed by atoms with Crippen LogP contribution in [0.2, 0.25) is 0 Å². The van der Waals surface area contributed by atoms with Crippen molar-refractivity contribution in [2.75, 3.05) is 39.3 Å². The topological polar surface area (TPSA) is 167 Å². The van der Waals surface area contributed by atoms with Crippen LogP contribution in [0.3, 0.4) is 0 Å². The lowest BCUT2D eigenvalue weighted by molar-refractivity contribution is -0.117. The number of carboxylic acid groups (broad SMARTS) is 3. The molecule has 4 fully saturated rings. The van der Waals surface area contributed by atoms with Crippen LogP contribution in [0.5, 0.6) is 0 Å². The first-order chi connectivity index (χ1) is 19.6. The van der Waals surface area contributed by atoms with Gasteiger partial charge in [-0.15, -0.1) is 0 Å². The maximum Gasteiger partial charge on any atom is 0.336 e. The van der Waals surface area contributed by atoms with E-state index in [1.165, 1.54) is 6.08 Å². The predicted molar refractivity (Wildman–Crippen MR) is 150 cm³/mol. The average Bonchev–Trinajstić information content (AvgIpc) is 3.73. The molecule has 4 heterocycles. The highest BCUT2D eigenvalue weighted by Gasteiger charge is 2.44. The highest BCUT2D eigenvalue weighted by Crippen LogP contribution is 2.42. The minimum Gasteiger partial charge on any atom is -0.478 e. The van der Waals surface area contributed by atoms with Crippen molar-refractivity contribution >= 4 is 29.5 Å². The molecule has 12 heteroatoms. The highest BCUT2D eigenvalue weighted by atomic mass is 16.4. The van der Waals surface area contributed by atoms with Crippen LogP contribution >= 0.6 is 0 Å². The molecule has 0 spiro atoms. The van der Waals surface area contributed by atoms with Crippen molar-refractivity contribution in [3.63, 3.8) is 0 Å². The Morgan fingerprint density at radius 2 is 1.19 bits per heavy atom. The number of carbonyl (C=O) groups excluding carboxylic acids is 2. The Hall–Kier alpha value is -4.19. The third-order valence-electron chi connectivity index (χ3n) is 7.97. The number of nitrogens with one attached hydrogen (secondary N) is 1. The van der Waals surface area contributed by atoms with Gasteiger partial charge in [-0.2, -0.15) is 0 Å². The van der Waals surface area contributed by atoms with Crippen molar-refractivity contribution in [2.24, 2.45) is 0 Å². The van der Waals surface area contributed by atoms with Crippen LogP contribution in [0.25, 0.3) is 0 Å². The summed E-state index contributed by atoms with van der Waals surface area (Å²) in [5.41, 5.74) is 0.607. The van der Waals surface area contributed by atoms with Gasteiger partial charge in [0.15, 0.2) is 0 Å². The summed E-state index contributed by atoms with van der Waals surface area (Å²) < 4.78 is 0. The summed E-state index contributed by atoms with van der Waals surface area (Å²) in [6.45, 7) is 13.3. The van der Waals surface area contributed by atoms with Crippen LogP contribution in [0, 0.1) is 0 Å². The molecule has 0 atom stereocenters. The van der Waals surface area contributed by atoms with Gasteiger partial charge in [0.2, 0.25) is 11.6 Å². The van der Waals surface area contributed by atoms with Crippen LogP contribution < -0.4 is 5.32 Å². The van der Waals surface area contributed by atoms with Gasteiger partial charge >= 0.3 is 17.9 Å². The molecule has 0 bridgehead atoms. The molecular formula is C30H36N4O8. The van der Waals surface area contributed by atoms with Crippen LogP contribution in [-0.4, -0.2) is 110 Å². The van der Waals surface area contributed by atoms with Crippen molar-refractivity contribution in [3.05, 3.63) is 57.6 Å². The maximum absolute atomic E-state index is 12.4. The van der Waals surface area contributed by atoms with Crippen molar-refractivity contribution < 1.29 is 39.3 Å². The number of aromatic carboxylic acids is 3. The lowest BCUT2D eigenvalue weighted by atomic mass is 9.71. The van der Waals surface area contributed by atoms with E-state index >= 15 is 0 Å². The van der Waals surface area contributed by atoms with Crippen LogP contribution in [-0.2, 0) is 9.59 Å². The second-order valence-electron chi connectivity index (χ2n) is 12.8. The molecule has 0 amide bonds. The quantitative estimate of drug-likeness (QED) is 0.274. The first-order valence-corrected chi connectivity index (χ1v) is 14.1. The molecule has 5 aliphatic rings. The first-order valence-electron chi connectivity index (χ1n) is 14.1. The summed E-state index contributed by atoms with van der Waals surface area (Å²) in [5.74, 6) is -4.27. The number of allylic oxidation sites excluding steroid dienone is 1. The van der Waals surface area contributed by atoms with Crippen molar-refractivity contribution in [1.82, 2.24) is 20.0 Å². The van der Waals surface area contributed by atoms with E-state index < -0.39 is 17.9 Å². The van der Waals surface area contributed by atoms with Crippen molar-refractivity contribution in [3.8, 4) is 0 Å². The molecule has 42 heavy (non-hydrogen) atoms. The second kappa shape index (κ2) is 10.3. The van der Waals surface area contributed by atoms with Crippen molar-refractivity contribution in [2.45, 2.75) is 57.5 Å². The molecule has 224 valence electrons. The Bertz CT molecular complexity index is 1410. The summed E-state index contributed by atoms with van der Waals surface area (Å²) in [5, 5.41) is 31.8. The standard InChI is InChI=1S/C18H23NO6.C12H13N3O2/c1-17(2)7-10(8-18(3,4)19-17)13-11(15(22)23)5-9(14(20)21)6-12(13)16(24)25;16-9-7-8(13-1-2-13)12(17)11(15-5-6-15)10(9)14-3-4-14/h5-6,10,19H,7-8H2,1-4H3,(H,20,21)(H,22,23)(H,24,25);7H,1-6H2. The van der Waals surface area contributed by atoms with Gasteiger partial charge in [0.1, 0.15) is 11.4 Å². The lowest BCUT2D eigenvalue weighted by Gasteiger charge is -2.47. The van der Waals surface area contributed by atoms with E-state index in [4.69, 9.17) is 5.11 Å². The van der Waals surface area contributed by atoms with Crippen LogP contribution in [0.4, 0.5) is 0 Å². The summed E-state index contributed by atoms with van der Waals surface area (Å²) in [6, 6.07) is 2.10. The van der Waals surface area contributed by atoms with Gasteiger partial charge in [-0.3, -0.25) is 9.59 Å². The Balaban J connectivity index is 0.000000179. The molecule has 12 nitrogen and oxygen atoms in total. The molecule has 4 saturated heterocycles. The number of hydrogen-bond donors (Lipinski definition) is 4.